The van der Waals surface area contributed by atoms with Gasteiger partial charge in [-0.2, -0.15) is 0 Å². The summed E-state index contributed by atoms with van der Waals surface area (Å²) in [7, 11) is 5.87. The molecule has 29 heavy (non-hydrogen) atoms. The van der Waals surface area contributed by atoms with E-state index >= 15 is 0 Å². The van der Waals surface area contributed by atoms with Gasteiger partial charge in [-0.15, -0.1) is 24.0 Å². The lowest BCUT2D eigenvalue weighted by atomic mass is 9.83. The van der Waals surface area contributed by atoms with E-state index < -0.39 is 0 Å². The van der Waals surface area contributed by atoms with Crippen molar-refractivity contribution >= 4 is 29.9 Å². The largest absolute Gasteiger partial charge is 0.382 e. The van der Waals surface area contributed by atoms with Crippen LogP contribution in [0.3, 0.4) is 0 Å². The number of likely N-dealkylation sites (N-methyl/N-ethyl adjacent to an activating group) is 1. The molecule has 1 aromatic rings. The van der Waals surface area contributed by atoms with Crippen LogP contribution in [0.2, 0.25) is 0 Å². The van der Waals surface area contributed by atoms with E-state index in [1.165, 1.54) is 37.8 Å². The minimum Gasteiger partial charge on any atom is -0.382 e. The molecular formula is C22H38FIN4O. The average Bonchev–Trinajstić information content (AvgIpc) is 3.15. The van der Waals surface area contributed by atoms with Gasteiger partial charge in [-0.25, -0.2) is 4.39 Å². The first-order valence-corrected chi connectivity index (χ1v) is 10.4. The highest BCUT2D eigenvalue weighted by Gasteiger charge is 2.33. The normalized spacial score (nSPS) is 17.1. The number of nitrogens with one attached hydrogen (secondary N) is 2. The summed E-state index contributed by atoms with van der Waals surface area (Å²) in [6.45, 7) is 5.28. The highest BCUT2D eigenvalue weighted by Crippen LogP contribution is 2.40. The van der Waals surface area contributed by atoms with Gasteiger partial charge in [-0.1, -0.05) is 25.0 Å². The summed E-state index contributed by atoms with van der Waals surface area (Å²) in [6.07, 6.45) is 6.20. The monoisotopic (exact) mass is 520 g/mol. The summed E-state index contributed by atoms with van der Waals surface area (Å²) < 4.78 is 18.9. The number of benzene rings is 1. The van der Waals surface area contributed by atoms with E-state index in [1.807, 2.05) is 33.2 Å². The molecule has 0 spiro atoms. The molecule has 7 heteroatoms. The van der Waals surface area contributed by atoms with E-state index in [4.69, 9.17) is 4.74 Å². The fourth-order valence-corrected chi connectivity index (χ4v) is 4.04. The minimum atomic E-state index is -0.208. The van der Waals surface area contributed by atoms with Crippen molar-refractivity contribution in [2.24, 2.45) is 10.4 Å². The van der Waals surface area contributed by atoms with Crippen molar-refractivity contribution in [1.29, 1.82) is 0 Å². The Morgan fingerprint density at radius 3 is 2.41 bits per heavy atom. The zero-order valence-corrected chi connectivity index (χ0v) is 20.7. The zero-order valence-electron chi connectivity index (χ0n) is 18.3. The Labute approximate surface area is 192 Å². The minimum absolute atomic E-state index is 0. The molecule has 1 aromatic carbocycles. The molecule has 0 saturated heterocycles. The predicted octanol–water partition coefficient (Wildman–Crippen LogP) is 4.20. The van der Waals surface area contributed by atoms with Gasteiger partial charge in [0.1, 0.15) is 5.82 Å². The number of hydrogen-bond acceptors (Lipinski definition) is 3. The van der Waals surface area contributed by atoms with Crippen molar-refractivity contribution in [2.75, 3.05) is 47.4 Å². The van der Waals surface area contributed by atoms with Gasteiger partial charge in [-0.3, -0.25) is 4.99 Å². The Balaban J connectivity index is 0.00000420. The van der Waals surface area contributed by atoms with Gasteiger partial charge in [0, 0.05) is 33.4 Å². The molecule has 0 aromatic heterocycles. The molecule has 0 heterocycles. The molecule has 1 unspecified atom stereocenters. The summed E-state index contributed by atoms with van der Waals surface area (Å²) in [4.78, 5) is 6.53. The van der Waals surface area contributed by atoms with Crippen LogP contribution in [0, 0.1) is 11.2 Å². The van der Waals surface area contributed by atoms with Crippen LogP contribution in [-0.2, 0) is 4.74 Å². The van der Waals surface area contributed by atoms with Crippen molar-refractivity contribution in [2.45, 2.75) is 45.1 Å². The second-order valence-corrected chi connectivity index (χ2v) is 7.99. The summed E-state index contributed by atoms with van der Waals surface area (Å²) in [6, 6.07) is 6.86. The summed E-state index contributed by atoms with van der Waals surface area (Å²) in [5.74, 6) is 0.609. The first-order valence-electron chi connectivity index (χ1n) is 10.4. The van der Waals surface area contributed by atoms with Crippen molar-refractivity contribution < 1.29 is 9.13 Å². The van der Waals surface area contributed by atoms with E-state index in [9.17, 15) is 4.39 Å². The van der Waals surface area contributed by atoms with Crippen LogP contribution in [-0.4, -0.2) is 58.3 Å². The number of ether oxygens (including phenoxy) is 1. The zero-order chi connectivity index (χ0) is 20.4. The van der Waals surface area contributed by atoms with E-state index in [1.54, 1.807) is 7.05 Å². The van der Waals surface area contributed by atoms with E-state index in [0.717, 1.165) is 37.7 Å². The first-order chi connectivity index (χ1) is 13.5. The van der Waals surface area contributed by atoms with Crippen LogP contribution in [0.15, 0.2) is 29.3 Å². The molecule has 166 valence electrons. The molecule has 1 fully saturated rings. The van der Waals surface area contributed by atoms with Crippen molar-refractivity contribution in [3.63, 3.8) is 0 Å². The molecule has 0 amide bonds. The third kappa shape index (κ3) is 8.38. The second-order valence-electron chi connectivity index (χ2n) is 7.99. The lowest BCUT2D eigenvalue weighted by Gasteiger charge is -2.31. The Hall–Kier alpha value is -0.930. The van der Waals surface area contributed by atoms with Crippen LogP contribution in [0.25, 0.3) is 0 Å². The van der Waals surface area contributed by atoms with Crippen LogP contribution in [0.4, 0.5) is 4.39 Å². The fourth-order valence-electron chi connectivity index (χ4n) is 4.04. The SMILES string of the molecule is CCOCCC1(CNC(=NC)NCC(c2ccc(F)cc2)N(C)C)CCCC1.I. The van der Waals surface area contributed by atoms with Crippen molar-refractivity contribution in [3.05, 3.63) is 35.6 Å². The average molecular weight is 520 g/mol. The molecule has 0 aliphatic heterocycles. The standard InChI is InChI=1S/C22H37FN4O.HI/c1-5-28-15-14-22(12-6-7-13-22)17-26-21(24-2)25-16-20(27(3)4)18-8-10-19(23)11-9-18;/h8-11,20H,5-7,12-17H2,1-4H3,(H2,24,25,26);1H. The van der Waals surface area contributed by atoms with E-state index in [0.29, 0.717) is 12.0 Å². The number of nitrogens with zero attached hydrogens (tertiary/aromatic N) is 2. The third-order valence-electron chi connectivity index (χ3n) is 5.84. The number of halogens is 2. The lowest BCUT2D eigenvalue weighted by Crippen LogP contribution is -2.45. The molecule has 1 aliphatic rings. The molecule has 2 rings (SSSR count). The van der Waals surface area contributed by atoms with Crippen LogP contribution < -0.4 is 10.6 Å². The summed E-state index contributed by atoms with van der Waals surface area (Å²) in [5.41, 5.74) is 1.39. The van der Waals surface area contributed by atoms with Crippen molar-refractivity contribution in [3.8, 4) is 0 Å². The van der Waals surface area contributed by atoms with Gasteiger partial charge in [0.25, 0.3) is 0 Å². The number of guanidine groups is 1. The maximum Gasteiger partial charge on any atom is 0.191 e. The van der Waals surface area contributed by atoms with Crippen molar-refractivity contribution in [1.82, 2.24) is 15.5 Å². The van der Waals surface area contributed by atoms with Gasteiger partial charge in [0.15, 0.2) is 5.96 Å². The molecule has 5 nitrogen and oxygen atoms in total. The van der Waals surface area contributed by atoms with E-state index in [-0.39, 0.29) is 35.8 Å². The maximum absolute atomic E-state index is 13.2. The Morgan fingerprint density at radius 1 is 1.21 bits per heavy atom. The van der Waals surface area contributed by atoms with Gasteiger partial charge in [-0.05, 0) is 63.4 Å². The quantitative estimate of drug-likeness (QED) is 0.210. The summed E-state index contributed by atoms with van der Waals surface area (Å²) >= 11 is 0. The highest BCUT2D eigenvalue weighted by atomic mass is 127. The molecule has 2 N–H and O–H groups in total. The number of hydrogen-bond donors (Lipinski definition) is 2. The topological polar surface area (TPSA) is 48.9 Å². The van der Waals surface area contributed by atoms with Crippen LogP contribution in [0.1, 0.15) is 50.6 Å². The van der Waals surface area contributed by atoms with Gasteiger partial charge < -0.3 is 20.3 Å². The Morgan fingerprint density at radius 2 is 1.86 bits per heavy atom. The molecule has 0 bridgehead atoms. The predicted molar refractivity (Wildman–Crippen MR) is 130 cm³/mol. The Bertz CT molecular complexity index is 603. The molecule has 1 saturated carbocycles. The Kier molecular flexibility index (Phi) is 12.1. The molecule has 1 aliphatic carbocycles. The van der Waals surface area contributed by atoms with Gasteiger partial charge in [0.05, 0.1) is 6.04 Å². The third-order valence-corrected chi connectivity index (χ3v) is 5.84. The van der Waals surface area contributed by atoms with Crippen LogP contribution in [0.5, 0.6) is 0 Å². The van der Waals surface area contributed by atoms with Crippen LogP contribution >= 0.6 is 24.0 Å². The molecule has 0 radical (unpaired) electrons. The maximum atomic E-state index is 13.2. The smallest absolute Gasteiger partial charge is 0.191 e. The fraction of sp³-hybridized carbons (Fsp3) is 0.682. The number of aliphatic imine (C=N–C) groups is 1. The van der Waals surface area contributed by atoms with Gasteiger partial charge in [0.2, 0.25) is 0 Å². The molecular weight excluding hydrogens is 482 g/mol. The summed E-state index contributed by atoms with van der Waals surface area (Å²) in [5, 5.41) is 6.98. The number of rotatable bonds is 10. The molecule has 1 atom stereocenters. The first kappa shape index (κ1) is 26.1. The van der Waals surface area contributed by atoms with E-state index in [2.05, 4.69) is 20.5 Å². The lowest BCUT2D eigenvalue weighted by molar-refractivity contribution is 0.105. The van der Waals surface area contributed by atoms with Gasteiger partial charge >= 0.3 is 0 Å². The second kappa shape index (κ2) is 13.4. The highest BCUT2D eigenvalue weighted by molar-refractivity contribution is 14.0.